The van der Waals surface area contributed by atoms with Crippen LogP contribution in [0.3, 0.4) is 0 Å². The van der Waals surface area contributed by atoms with Crippen LogP contribution in [0.25, 0.3) is 4.48 Å². The molecule has 0 aliphatic rings. The van der Waals surface area contributed by atoms with Gasteiger partial charge in [0.15, 0.2) is 0 Å². The van der Waals surface area contributed by atoms with Gasteiger partial charge in [-0.1, -0.05) is 67.5 Å². The van der Waals surface area contributed by atoms with Gasteiger partial charge in [0.05, 0.1) is 0 Å². The van der Waals surface area contributed by atoms with Crippen LogP contribution < -0.4 is 0 Å². The average Bonchev–Trinajstić information content (AvgIpc) is 2.03. The molecule has 0 bridgehead atoms. The molecule has 70 valence electrons. The molecule has 13 heavy (non-hydrogen) atoms. The van der Waals surface area contributed by atoms with Gasteiger partial charge in [0.2, 0.25) is 0 Å². The van der Waals surface area contributed by atoms with E-state index in [2.05, 4.69) is 67.5 Å². The van der Waals surface area contributed by atoms with Crippen molar-refractivity contribution in [1.82, 2.24) is 0 Å². The summed E-state index contributed by atoms with van der Waals surface area (Å²) in [4.78, 5) is 0. The summed E-state index contributed by atoms with van der Waals surface area (Å²) in [6, 6.07) is 8.50. The van der Waals surface area contributed by atoms with Crippen LogP contribution in [0.5, 0.6) is 0 Å². The molecule has 1 heteroatoms. The summed E-state index contributed by atoms with van der Waals surface area (Å²) >= 11 is 3.36. The van der Waals surface area contributed by atoms with Crippen molar-refractivity contribution in [2.75, 3.05) is 0 Å². The van der Waals surface area contributed by atoms with E-state index in [9.17, 15) is 0 Å². The minimum absolute atomic E-state index is 0.228. The fraction of sp³-hybridized carbons (Fsp3) is 0.333. The molecule has 0 atom stereocenters. The number of hydrogen-bond acceptors (Lipinski definition) is 0. The van der Waals surface area contributed by atoms with Crippen LogP contribution in [0.15, 0.2) is 30.8 Å². The standard InChI is InChI=1S/C12H15Br/c1-9(13)10-5-7-11(8-6-10)12(2,3)4/h5-8H,1H2,2-4H3. The molecule has 0 nitrogen and oxygen atoms in total. The van der Waals surface area contributed by atoms with Crippen molar-refractivity contribution in [3.05, 3.63) is 42.0 Å². The summed E-state index contributed by atoms with van der Waals surface area (Å²) < 4.78 is 0.938. The van der Waals surface area contributed by atoms with Gasteiger partial charge in [0, 0.05) is 4.48 Å². The predicted molar refractivity (Wildman–Crippen MR) is 63.1 cm³/mol. The summed E-state index contributed by atoms with van der Waals surface area (Å²) in [5.41, 5.74) is 2.73. The third-order valence-electron chi connectivity index (χ3n) is 2.06. The Morgan fingerprint density at radius 1 is 1.15 bits per heavy atom. The second-order valence-electron chi connectivity index (χ2n) is 4.23. The van der Waals surface area contributed by atoms with Crippen molar-refractivity contribution in [2.45, 2.75) is 26.2 Å². The molecule has 0 spiro atoms. The Balaban J connectivity index is 3.01. The smallest absolute Gasteiger partial charge is 0.0175 e. The first kappa shape index (κ1) is 10.5. The highest BCUT2D eigenvalue weighted by atomic mass is 79.9. The fourth-order valence-corrected chi connectivity index (χ4v) is 1.42. The monoisotopic (exact) mass is 238 g/mol. The molecule has 0 saturated carbocycles. The first-order chi connectivity index (χ1) is 5.91. The summed E-state index contributed by atoms with van der Waals surface area (Å²) in [6.07, 6.45) is 0. The SMILES string of the molecule is C=C(Br)c1ccc(C(C)(C)C)cc1. The van der Waals surface area contributed by atoms with E-state index >= 15 is 0 Å². The largest absolute Gasteiger partial charge is 0.0841 e. The molecular formula is C12H15Br. The maximum absolute atomic E-state index is 3.83. The van der Waals surface area contributed by atoms with E-state index in [-0.39, 0.29) is 5.41 Å². The van der Waals surface area contributed by atoms with Gasteiger partial charge < -0.3 is 0 Å². The second-order valence-corrected chi connectivity index (χ2v) is 5.19. The molecule has 1 aromatic rings. The number of hydrogen-bond donors (Lipinski definition) is 0. The molecule has 0 radical (unpaired) electrons. The van der Waals surface area contributed by atoms with E-state index in [4.69, 9.17) is 0 Å². The zero-order valence-corrected chi connectivity index (χ0v) is 9.98. The molecule has 1 rings (SSSR count). The summed E-state index contributed by atoms with van der Waals surface area (Å²) in [5.74, 6) is 0. The predicted octanol–water partition coefficient (Wildman–Crippen LogP) is 4.35. The molecule has 0 fully saturated rings. The third kappa shape index (κ3) is 2.70. The van der Waals surface area contributed by atoms with Crippen molar-refractivity contribution in [3.8, 4) is 0 Å². The number of benzene rings is 1. The topological polar surface area (TPSA) is 0 Å². The average molecular weight is 239 g/mol. The van der Waals surface area contributed by atoms with E-state index in [1.165, 1.54) is 5.56 Å². The van der Waals surface area contributed by atoms with Crippen molar-refractivity contribution in [2.24, 2.45) is 0 Å². The Bertz CT molecular complexity index is 301. The van der Waals surface area contributed by atoms with E-state index in [1.54, 1.807) is 0 Å². The number of rotatable bonds is 1. The van der Waals surface area contributed by atoms with Gasteiger partial charge >= 0.3 is 0 Å². The summed E-state index contributed by atoms with van der Waals surface area (Å²) in [5, 5.41) is 0. The quantitative estimate of drug-likeness (QED) is 0.683. The lowest BCUT2D eigenvalue weighted by Gasteiger charge is -2.18. The van der Waals surface area contributed by atoms with Gasteiger partial charge in [-0.15, -0.1) is 0 Å². The van der Waals surface area contributed by atoms with Crippen LogP contribution in [0, 0.1) is 0 Å². The van der Waals surface area contributed by atoms with Gasteiger partial charge in [-0.25, -0.2) is 0 Å². The molecule has 0 heterocycles. The van der Waals surface area contributed by atoms with Crippen molar-refractivity contribution < 1.29 is 0 Å². The third-order valence-corrected chi connectivity index (χ3v) is 2.52. The maximum atomic E-state index is 3.83. The minimum atomic E-state index is 0.228. The first-order valence-electron chi connectivity index (χ1n) is 4.36. The van der Waals surface area contributed by atoms with Gasteiger partial charge in [-0.05, 0) is 16.5 Å². The Morgan fingerprint density at radius 2 is 1.62 bits per heavy atom. The van der Waals surface area contributed by atoms with Crippen LogP contribution in [0.1, 0.15) is 31.9 Å². The highest BCUT2D eigenvalue weighted by molar-refractivity contribution is 9.15. The minimum Gasteiger partial charge on any atom is -0.0841 e. The number of halogens is 1. The lowest BCUT2D eigenvalue weighted by Crippen LogP contribution is -2.10. The highest BCUT2D eigenvalue weighted by Crippen LogP contribution is 2.25. The Hall–Kier alpha value is -0.560. The molecule has 1 aromatic carbocycles. The van der Waals surface area contributed by atoms with Crippen molar-refractivity contribution in [3.63, 3.8) is 0 Å². The van der Waals surface area contributed by atoms with Crippen molar-refractivity contribution in [1.29, 1.82) is 0 Å². The summed E-state index contributed by atoms with van der Waals surface area (Å²) in [6.45, 7) is 10.5. The normalized spacial score (nSPS) is 11.4. The lowest BCUT2D eigenvalue weighted by molar-refractivity contribution is 0.590. The second kappa shape index (κ2) is 3.67. The van der Waals surface area contributed by atoms with Crippen LogP contribution in [0.2, 0.25) is 0 Å². The molecular weight excluding hydrogens is 224 g/mol. The van der Waals surface area contributed by atoms with Crippen molar-refractivity contribution >= 4 is 20.4 Å². The lowest BCUT2D eigenvalue weighted by atomic mass is 9.87. The zero-order valence-electron chi connectivity index (χ0n) is 8.39. The molecule has 0 saturated heterocycles. The van der Waals surface area contributed by atoms with Crippen LogP contribution in [0.4, 0.5) is 0 Å². The maximum Gasteiger partial charge on any atom is 0.0175 e. The highest BCUT2D eigenvalue weighted by Gasteiger charge is 2.12. The van der Waals surface area contributed by atoms with Crippen LogP contribution >= 0.6 is 15.9 Å². The first-order valence-corrected chi connectivity index (χ1v) is 5.16. The molecule has 0 unspecified atom stereocenters. The molecule has 0 N–H and O–H groups in total. The van der Waals surface area contributed by atoms with Gasteiger partial charge in [-0.3, -0.25) is 0 Å². The Labute approximate surface area is 88.8 Å². The van der Waals surface area contributed by atoms with Crippen LogP contribution in [-0.2, 0) is 5.41 Å². The zero-order chi connectivity index (χ0) is 10.1. The summed E-state index contributed by atoms with van der Waals surface area (Å²) in [7, 11) is 0. The van der Waals surface area contributed by atoms with Gasteiger partial charge in [-0.2, -0.15) is 0 Å². The Kier molecular flexibility index (Phi) is 2.97. The van der Waals surface area contributed by atoms with E-state index in [1.807, 2.05) is 0 Å². The van der Waals surface area contributed by atoms with E-state index in [0.29, 0.717) is 0 Å². The molecule has 0 amide bonds. The molecule has 0 aliphatic heterocycles. The van der Waals surface area contributed by atoms with Gasteiger partial charge in [0.25, 0.3) is 0 Å². The molecule has 0 aliphatic carbocycles. The molecule has 0 aromatic heterocycles. The fourth-order valence-electron chi connectivity index (χ4n) is 1.15. The van der Waals surface area contributed by atoms with E-state index < -0.39 is 0 Å². The Morgan fingerprint density at radius 3 is 1.92 bits per heavy atom. The van der Waals surface area contributed by atoms with Crippen LogP contribution in [-0.4, -0.2) is 0 Å². The van der Waals surface area contributed by atoms with Gasteiger partial charge in [0.1, 0.15) is 0 Å². The van der Waals surface area contributed by atoms with E-state index in [0.717, 1.165) is 10.0 Å².